The van der Waals surface area contributed by atoms with E-state index in [2.05, 4.69) is 5.32 Å². The largest absolute Gasteiger partial charge is 0.508 e. The first-order chi connectivity index (χ1) is 12.0. The van der Waals surface area contributed by atoms with Gasteiger partial charge in [-0.05, 0) is 36.4 Å². The van der Waals surface area contributed by atoms with Gasteiger partial charge in [0.1, 0.15) is 18.5 Å². The Labute approximate surface area is 144 Å². The second-order valence-electron chi connectivity index (χ2n) is 5.59. The summed E-state index contributed by atoms with van der Waals surface area (Å²) < 4.78 is 11.3. The third kappa shape index (κ3) is 3.82. The van der Waals surface area contributed by atoms with Gasteiger partial charge in [0.05, 0.1) is 6.54 Å². The van der Waals surface area contributed by atoms with Crippen LogP contribution in [0.3, 0.4) is 0 Å². The van der Waals surface area contributed by atoms with E-state index in [-0.39, 0.29) is 18.4 Å². The monoisotopic (exact) mass is 342 g/mol. The van der Waals surface area contributed by atoms with E-state index in [1.54, 1.807) is 24.3 Å². The normalized spacial score (nSPS) is 15.3. The molecule has 0 aromatic heterocycles. The molecule has 0 spiro atoms. The van der Waals surface area contributed by atoms with Gasteiger partial charge in [0.25, 0.3) is 0 Å². The minimum Gasteiger partial charge on any atom is -0.508 e. The number of phenolic OH excluding ortho intramolecular Hbond substituents is 1. The molecule has 1 unspecified atom stereocenters. The summed E-state index contributed by atoms with van der Waals surface area (Å²) in [6, 6.07) is 13.3. The number of hydrogen-bond donors (Lipinski definition) is 2. The van der Waals surface area contributed by atoms with Crippen LogP contribution in [0.15, 0.2) is 48.5 Å². The molecule has 0 saturated heterocycles. The first-order valence-electron chi connectivity index (χ1n) is 7.78. The van der Waals surface area contributed by atoms with Crippen molar-refractivity contribution in [1.29, 1.82) is 0 Å². The highest BCUT2D eigenvalue weighted by atomic mass is 16.6. The predicted molar refractivity (Wildman–Crippen MR) is 90.9 cm³/mol. The van der Waals surface area contributed by atoms with Crippen LogP contribution in [0.25, 0.3) is 0 Å². The van der Waals surface area contributed by atoms with Crippen molar-refractivity contribution in [3.8, 4) is 17.2 Å². The minimum absolute atomic E-state index is 0.0868. The highest BCUT2D eigenvalue weighted by molar-refractivity contribution is 6.40. The molecule has 0 bridgehead atoms. The van der Waals surface area contributed by atoms with Crippen LogP contribution in [0, 0.1) is 0 Å². The topological polar surface area (TPSA) is 88.1 Å². The van der Waals surface area contributed by atoms with Gasteiger partial charge < -0.3 is 24.8 Å². The maximum Gasteiger partial charge on any atom is 0.316 e. The van der Waals surface area contributed by atoms with Gasteiger partial charge in [-0.15, -0.1) is 0 Å². The molecule has 2 N–H and O–H groups in total. The van der Waals surface area contributed by atoms with Crippen molar-refractivity contribution in [3.63, 3.8) is 0 Å². The summed E-state index contributed by atoms with van der Waals surface area (Å²) in [5.74, 6) is -0.0848. The maximum absolute atomic E-state index is 12.2. The molecule has 0 fully saturated rings. The summed E-state index contributed by atoms with van der Waals surface area (Å²) >= 11 is 0. The van der Waals surface area contributed by atoms with Crippen molar-refractivity contribution in [2.24, 2.45) is 0 Å². The molecule has 1 aliphatic heterocycles. The lowest BCUT2D eigenvalue weighted by molar-refractivity contribution is -0.137. The molecule has 0 saturated carbocycles. The molecule has 2 aromatic rings. The second kappa shape index (κ2) is 7.12. The number of phenols is 1. The molecule has 7 nitrogen and oxygen atoms in total. The van der Waals surface area contributed by atoms with Gasteiger partial charge in [-0.3, -0.25) is 9.59 Å². The Hall–Kier alpha value is -3.22. The number of carbonyl (C=O) groups excluding carboxylic acids is 2. The third-order valence-corrected chi connectivity index (χ3v) is 3.79. The number of aromatic hydroxyl groups is 1. The first-order valence-corrected chi connectivity index (χ1v) is 7.78. The summed E-state index contributed by atoms with van der Waals surface area (Å²) in [4.78, 5) is 25.5. The highest BCUT2D eigenvalue weighted by Gasteiger charge is 2.24. The first kappa shape index (κ1) is 16.6. The number of rotatable bonds is 3. The second-order valence-corrected chi connectivity index (χ2v) is 5.59. The highest BCUT2D eigenvalue weighted by Crippen LogP contribution is 2.30. The number of hydrogen-bond acceptors (Lipinski definition) is 5. The van der Waals surface area contributed by atoms with Crippen molar-refractivity contribution < 1.29 is 24.2 Å². The Balaban J connectivity index is 1.54. The molecule has 1 aliphatic rings. The van der Waals surface area contributed by atoms with Gasteiger partial charge in [0, 0.05) is 12.7 Å². The number of nitrogens with zero attached hydrogens (tertiary/aromatic N) is 1. The lowest BCUT2D eigenvalue weighted by atomic mass is 10.2. The lowest BCUT2D eigenvalue weighted by Gasteiger charge is -2.26. The van der Waals surface area contributed by atoms with E-state index in [1.165, 1.54) is 24.1 Å². The molecule has 1 atom stereocenters. The summed E-state index contributed by atoms with van der Waals surface area (Å²) in [7, 11) is 1.49. The summed E-state index contributed by atoms with van der Waals surface area (Å²) in [5.41, 5.74) is 0.504. The number of carbonyl (C=O) groups is 2. The van der Waals surface area contributed by atoms with E-state index >= 15 is 0 Å². The van der Waals surface area contributed by atoms with Crippen molar-refractivity contribution in [1.82, 2.24) is 5.32 Å². The van der Waals surface area contributed by atoms with Crippen LogP contribution in [-0.2, 0) is 9.59 Å². The zero-order chi connectivity index (χ0) is 17.8. The van der Waals surface area contributed by atoms with Crippen molar-refractivity contribution in [2.75, 3.05) is 25.1 Å². The molecular formula is C18H18N2O5. The summed E-state index contributed by atoms with van der Waals surface area (Å²) in [5, 5.41) is 11.8. The van der Waals surface area contributed by atoms with Crippen LogP contribution in [0.5, 0.6) is 17.2 Å². The quantitative estimate of drug-likeness (QED) is 0.821. The van der Waals surface area contributed by atoms with Gasteiger partial charge in [0.15, 0.2) is 11.5 Å². The van der Waals surface area contributed by atoms with Gasteiger partial charge >= 0.3 is 11.8 Å². The fraction of sp³-hybridized carbons (Fsp3) is 0.222. The zero-order valence-corrected chi connectivity index (χ0v) is 13.6. The van der Waals surface area contributed by atoms with Crippen molar-refractivity contribution >= 4 is 17.5 Å². The molecule has 7 heteroatoms. The van der Waals surface area contributed by atoms with E-state index < -0.39 is 11.8 Å². The third-order valence-electron chi connectivity index (χ3n) is 3.79. The Kier molecular flexibility index (Phi) is 4.74. The van der Waals surface area contributed by atoms with Crippen molar-refractivity contribution in [3.05, 3.63) is 48.5 Å². The number of para-hydroxylation sites is 2. The Morgan fingerprint density at radius 3 is 2.56 bits per heavy atom. The standard InChI is InChI=1S/C18H18N2O5/c1-20(12-6-8-13(21)9-7-12)18(23)17(22)19-10-14-11-24-15-4-2-3-5-16(15)25-14/h2-9,14,21H,10-11H2,1H3,(H,19,22). The number of likely N-dealkylation sites (N-methyl/N-ethyl adjacent to an activating group) is 1. The van der Waals surface area contributed by atoms with E-state index in [1.807, 2.05) is 12.1 Å². The van der Waals surface area contributed by atoms with Crippen LogP contribution < -0.4 is 19.7 Å². The molecule has 0 radical (unpaired) electrons. The summed E-state index contributed by atoms with van der Waals surface area (Å²) in [6.45, 7) is 0.446. The van der Waals surface area contributed by atoms with Gasteiger partial charge in [-0.1, -0.05) is 12.1 Å². The van der Waals surface area contributed by atoms with E-state index in [0.29, 0.717) is 23.8 Å². The Morgan fingerprint density at radius 2 is 1.84 bits per heavy atom. The average Bonchev–Trinajstić information content (AvgIpc) is 2.65. The Bertz CT molecular complexity index is 775. The van der Waals surface area contributed by atoms with E-state index in [4.69, 9.17) is 9.47 Å². The molecule has 3 rings (SSSR count). The van der Waals surface area contributed by atoms with Gasteiger partial charge in [-0.2, -0.15) is 0 Å². The summed E-state index contributed by atoms with van der Waals surface area (Å²) in [6.07, 6.45) is -0.370. The fourth-order valence-corrected chi connectivity index (χ4v) is 2.39. The number of amides is 2. The number of fused-ring (bicyclic) bond motifs is 1. The van der Waals surface area contributed by atoms with Gasteiger partial charge in [0.2, 0.25) is 0 Å². The fourth-order valence-electron chi connectivity index (χ4n) is 2.39. The number of anilines is 1. The molecule has 1 heterocycles. The van der Waals surface area contributed by atoms with Crippen LogP contribution in [-0.4, -0.2) is 43.2 Å². The minimum atomic E-state index is -0.738. The van der Waals surface area contributed by atoms with E-state index in [9.17, 15) is 14.7 Å². The van der Waals surface area contributed by atoms with Gasteiger partial charge in [-0.25, -0.2) is 0 Å². The molecular weight excluding hydrogens is 324 g/mol. The molecule has 2 aromatic carbocycles. The van der Waals surface area contributed by atoms with Crippen LogP contribution in [0.4, 0.5) is 5.69 Å². The molecule has 0 aliphatic carbocycles. The number of ether oxygens (including phenoxy) is 2. The lowest BCUT2D eigenvalue weighted by Crippen LogP contribution is -2.46. The smallest absolute Gasteiger partial charge is 0.316 e. The molecule has 130 valence electrons. The van der Waals surface area contributed by atoms with Crippen LogP contribution >= 0.6 is 0 Å². The van der Waals surface area contributed by atoms with Crippen molar-refractivity contribution in [2.45, 2.75) is 6.10 Å². The average molecular weight is 342 g/mol. The number of nitrogens with one attached hydrogen (secondary N) is 1. The maximum atomic E-state index is 12.2. The zero-order valence-electron chi connectivity index (χ0n) is 13.6. The number of benzene rings is 2. The SMILES string of the molecule is CN(C(=O)C(=O)NCC1COc2ccccc2O1)c1ccc(O)cc1. The molecule has 2 amide bonds. The Morgan fingerprint density at radius 1 is 1.16 bits per heavy atom. The van der Waals surface area contributed by atoms with Crippen LogP contribution in [0.2, 0.25) is 0 Å². The predicted octanol–water partition coefficient (Wildman–Crippen LogP) is 1.31. The van der Waals surface area contributed by atoms with E-state index in [0.717, 1.165) is 0 Å². The van der Waals surface area contributed by atoms with Crippen LogP contribution in [0.1, 0.15) is 0 Å². The molecule has 25 heavy (non-hydrogen) atoms.